The van der Waals surface area contributed by atoms with Gasteiger partial charge >= 0.3 is 17.9 Å². The van der Waals surface area contributed by atoms with Crippen LogP contribution in [0.5, 0.6) is 0 Å². The number of anilines is 1. The third-order valence-corrected chi connectivity index (χ3v) is 6.74. The summed E-state index contributed by atoms with van der Waals surface area (Å²) in [5.74, 6) is -3.94. The van der Waals surface area contributed by atoms with E-state index in [-0.39, 0.29) is 28.2 Å². The highest BCUT2D eigenvalue weighted by molar-refractivity contribution is 14.1. The lowest BCUT2D eigenvalue weighted by Crippen LogP contribution is -2.41. The van der Waals surface area contributed by atoms with Crippen molar-refractivity contribution in [3.8, 4) is 6.07 Å². The molecule has 9 nitrogen and oxygen atoms in total. The Morgan fingerprint density at radius 1 is 1.06 bits per heavy atom. The van der Waals surface area contributed by atoms with Crippen LogP contribution in [0.15, 0.2) is 65.1 Å². The first-order chi connectivity index (χ1) is 16.2. The number of hydrogen-bond donors (Lipinski definition) is 2. The third kappa shape index (κ3) is 4.47. The molecule has 0 saturated carbocycles. The van der Waals surface area contributed by atoms with E-state index in [1.807, 2.05) is 45.2 Å². The van der Waals surface area contributed by atoms with Crippen LogP contribution in [0.1, 0.15) is 21.8 Å². The Morgan fingerprint density at radius 3 is 2.09 bits per heavy atom. The molecule has 3 rings (SSSR count). The second-order valence-electron chi connectivity index (χ2n) is 6.93. The van der Waals surface area contributed by atoms with Gasteiger partial charge in [0.1, 0.15) is 11.5 Å². The van der Waals surface area contributed by atoms with E-state index in [4.69, 9.17) is 15.2 Å². The van der Waals surface area contributed by atoms with Gasteiger partial charge in [-0.05, 0) is 62.9 Å². The zero-order valence-electron chi connectivity index (χ0n) is 17.8. The van der Waals surface area contributed by atoms with Crippen molar-refractivity contribution in [2.45, 2.75) is 5.92 Å². The summed E-state index contributed by atoms with van der Waals surface area (Å²) in [6, 6.07) is 13.5. The average Bonchev–Trinajstić information content (AvgIpc) is 2.83. The van der Waals surface area contributed by atoms with Crippen LogP contribution in [0, 0.1) is 18.5 Å². The van der Waals surface area contributed by atoms with Crippen LogP contribution in [0.2, 0.25) is 0 Å². The van der Waals surface area contributed by atoms with Crippen LogP contribution >= 0.6 is 45.2 Å². The van der Waals surface area contributed by atoms with Crippen LogP contribution in [-0.2, 0) is 19.1 Å². The van der Waals surface area contributed by atoms with Gasteiger partial charge in [0.2, 0.25) is 0 Å². The van der Waals surface area contributed by atoms with E-state index in [0.29, 0.717) is 18.4 Å². The number of carboxylic acid groups (broad SMARTS) is 1. The summed E-state index contributed by atoms with van der Waals surface area (Å²) in [4.78, 5) is 38.9. The third-order valence-electron chi connectivity index (χ3n) is 5.10. The SMILES string of the molecule is COC(=O)C1=C(C(=O)OC)N(c2c(I)cc(C(=O)O)cc2I)C(N)=C(C#N)C1c1ccccc1. The Bertz CT molecular complexity index is 1270. The molecule has 34 heavy (non-hydrogen) atoms. The highest BCUT2D eigenvalue weighted by atomic mass is 127. The van der Waals surface area contributed by atoms with E-state index in [0.717, 1.165) is 7.11 Å². The summed E-state index contributed by atoms with van der Waals surface area (Å²) in [6.45, 7) is 0. The van der Waals surface area contributed by atoms with Crippen molar-refractivity contribution >= 4 is 68.8 Å². The maximum Gasteiger partial charge on any atom is 0.355 e. The Morgan fingerprint density at radius 2 is 1.62 bits per heavy atom. The van der Waals surface area contributed by atoms with Crippen molar-refractivity contribution in [2.24, 2.45) is 5.73 Å². The number of nitriles is 1. The van der Waals surface area contributed by atoms with Crippen molar-refractivity contribution in [3.05, 3.63) is 83.4 Å². The van der Waals surface area contributed by atoms with Crippen molar-refractivity contribution < 1.29 is 29.0 Å². The second-order valence-corrected chi connectivity index (χ2v) is 9.25. The van der Waals surface area contributed by atoms with Crippen molar-refractivity contribution in [1.82, 2.24) is 0 Å². The van der Waals surface area contributed by atoms with Crippen molar-refractivity contribution in [1.29, 1.82) is 5.26 Å². The van der Waals surface area contributed by atoms with Gasteiger partial charge in [0.05, 0.1) is 48.6 Å². The highest BCUT2D eigenvalue weighted by Gasteiger charge is 2.43. The zero-order valence-corrected chi connectivity index (χ0v) is 22.1. The molecule has 0 radical (unpaired) electrons. The average molecular weight is 685 g/mol. The van der Waals surface area contributed by atoms with Gasteiger partial charge in [0, 0.05) is 7.14 Å². The molecule has 2 aromatic carbocycles. The Balaban J connectivity index is 2.47. The molecule has 0 bridgehead atoms. The second kappa shape index (κ2) is 10.4. The molecule has 1 aliphatic heterocycles. The molecule has 2 aromatic rings. The number of carboxylic acids is 1. The van der Waals surface area contributed by atoms with Crippen LogP contribution in [0.3, 0.4) is 0 Å². The zero-order chi connectivity index (χ0) is 25.2. The van der Waals surface area contributed by atoms with Crippen LogP contribution in [0.4, 0.5) is 5.69 Å². The largest absolute Gasteiger partial charge is 0.478 e. The summed E-state index contributed by atoms with van der Waals surface area (Å²) < 4.78 is 10.9. The molecular weight excluding hydrogens is 668 g/mol. The predicted molar refractivity (Wildman–Crippen MR) is 138 cm³/mol. The number of methoxy groups -OCH3 is 2. The van der Waals surface area contributed by atoms with Crippen LogP contribution in [-0.4, -0.2) is 37.2 Å². The Labute approximate surface area is 222 Å². The Kier molecular flexibility index (Phi) is 7.82. The minimum Gasteiger partial charge on any atom is -0.478 e. The molecule has 0 saturated heterocycles. The number of allylic oxidation sites excluding steroid dienone is 1. The van der Waals surface area contributed by atoms with Gasteiger partial charge < -0.3 is 20.3 Å². The number of carbonyl (C=O) groups is 3. The lowest BCUT2D eigenvalue weighted by Gasteiger charge is -2.36. The topological polar surface area (TPSA) is 143 Å². The maximum atomic E-state index is 13.1. The molecule has 0 amide bonds. The van der Waals surface area contributed by atoms with Crippen LogP contribution in [0.25, 0.3) is 0 Å². The predicted octanol–water partition coefficient (Wildman–Crippen LogP) is 3.49. The van der Waals surface area contributed by atoms with E-state index in [1.165, 1.54) is 24.1 Å². The highest BCUT2D eigenvalue weighted by Crippen LogP contribution is 2.45. The monoisotopic (exact) mass is 685 g/mol. The number of hydrogen-bond acceptors (Lipinski definition) is 8. The molecule has 1 unspecified atom stereocenters. The molecular formula is C23H17I2N3O6. The van der Waals surface area contributed by atoms with Crippen molar-refractivity contribution in [2.75, 3.05) is 19.1 Å². The number of ether oxygens (including phenoxy) is 2. The minimum atomic E-state index is -1.13. The summed E-state index contributed by atoms with van der Waals surface area (Å²) in [6.07, 6.45) is 0. The van der Waals surface area contributed by atoms with Gasteiger partial charge in [0.25, 0.3) is 0 Å². The molecule has 11 heteroatoms. The number of rotatable bonds is 5. The summed E-state index contributed by atoms with van der Waals surface area (Å²) in [5.41, 5.74) is 7.05. The maximum absolute atomic E-state index is 13.1. The van der Waals surface area contributed by atoms with Gasteiger partial charge in [0.15, 0.2) is 0 Å². The van der Waals surface area contributed by atoms with E-state index >= 15 is 0 Å². The first-order valence-electron chi connectivity index (χ1n) is 9.55. The minimum absolute atomic E-state index is 0.0214. The lowest BCUT2D eigenvalue weighted by atomic mass is 9.81. The van der Waals surface area contributed by atoms with Gasteiger partial charge in [-0.3, -0.25) is 4.90 Å². The quantitative estimate of drug-likeness (QED) is 0.358. The first-order valence-corrected chi connectivity index (χ1v) is 11.7. The number of aromatic carboxylic acids is 1. The summed E-state index contributed by atoms with van der Waals surface area (Å²) >= 11 is 3.82. The van der Waals surface area contributed by atoms with E-state index < -0.39 is 23.8 Å². The van der Waals surface area contributed by atoms with E-state index in [2.05, 4.69) is 6.07 Å². The number of esters is 2. The number of carbonyl (C=O) groups excluding carboxylic acids is 2. The van der Waals surface area contributed by atoms with Crippen LogP contribution < -0.4 is 10.6 Å². The van der Waals surface area contributed by atoms with E-state index in [1.54, 1.807) is 30.3 Å². The fraction of sp³-hybridized carbons (Fsp3) is 0.130. The first kappa shape index (κ1) is 25.5. The number of nitrogens with zero attached hydrogens (tertiary/aromatic N) is 2. The molecule has 0 spiro atoms. The van der Waals surface area contributed by atoms with Gasteiger partial charge in [-0.2, -0.15) is 5.26 Å². The molecule has 3 N–H and O–H groups in total. The summed E-state index contributed by atoms with van der Waals surface area (Å²) in [5, 5.41) is 19.5. The molecule has 174 valence electrons. The van der Waals surface area contributed by atoms with Crippen molar-refractivity contribution in [3.63, 3.8) is 0 Å². The Hall–Kier alpha value is -3.12. The fourth-order valence-corrected chi connectivity index (χ4v) is 5.90. The molecule has 0 fully saturated rings. The number of benzene rings is 2. The fourth-order valence-electron chi connectivity index (χ4n) is 3.65. The van der Waals surface area contributed by atoms with E-state index in [9.17, 15) is 24.8 Å². The molecule has 1 aliphatic rings. The molecule has 0 aromatic heterocycles. The molecule has 1 heterocycles. The molecule has 1 atom stereocenters. The lowest BCUT2D eigenvalue weighted by molar-refractivity contribution is -0.139. The molecule has 0 aliphatic carbocycles. The van der Waals surface area contributed by atoms with Gasteiger partial charge in [-0.1, -0.05) is 30.3 Å². The van der Waals surface area contributed by atoms with Gasteiger partial charge in [-0.25, -0.2) is 14.4 Å². The number of nitrogens with two attached hydrogens (primary N) is 1. The smallest absolute Gasteiger partial charge is 0.355 e. The summed E-state index contributed by atoms with van der Waals surface area (Å²) in [7, 11) is 2.32. The standard InChI is InChI=1S/C23H17I2N3O6/c1-33-22(31)17-16(11-6-4-3-5-7-11)13(10-26)20(27)28(19(17)23(32)34-2)18-14(24)8-12(21(29)30)9-15(18)25/h3-9,16H,27H2,1-2H3,(H,29,30). The number of halogens is 2. The normalized spacial score (nSPS) is 15.6. The van der Waals surface area contributed by atoms with Gasteiger partial charge in [-0.15, -0.1) is 0 Å².